The van der Waals surface area contributed by atoms with E-state index in [1.807, 2.05) is 0 Å². The van der Waals surface area contributed by atoms with Crippen LogP contribution in [0, 0.1) is 48.6 Å². The zero-order valence-electron chi connectivity index (χ0n) is 20.6. The summed E-state index contributed by atoms with van der Waals surface area (Å²) in [5, 5.41) is 8.14. The third-order valence-corrected chi connectivity index (χ3v) is 11.7. The number of hydrogen-bond donors (Lipinski definition) is 0. The molecular formula is C32H34N2P. The van der Waals surface area contributed by atoms with Gasteiger partial charge in [-0.15, -0.1) is 0 Å². The fourth-order valence-corrected chi connectivity index (χ4v) is 10.5. The topological polar surface area (TPSA) is 17.8 Å². The van der Waals surface area contributed by atoms with Gasteiger partial charge in [0.05, 0.1) is 11.7 Å². The van der Waals surface area contributed by atoms with Crippen LogP contribution in [0.2, 0.25) is 0 Å². The van der Waals surface area contributed by atoms with Gasteiger partial charge in [0.15, 0.2) is 0 Å². The summed E-state index contributed by atoms with van der Waals surface area (Å²) in [6.45, 7) is 2.33. The van der Waals surface area contributed by atoms with Crippen LogP contribution in [-0.4, -0.2) is 9.78 Å². The van der Waals surface area contributed by atoms with E-state index in [9.17, 15) is 0 Å². The third kappa shape index (κ3) is 3.92. The maximum absolute atomic E-state index is 5.33. The van der Waals surface area contributed by atoms with Gasteiger partial charge < -0.3 is 0 Å². The first-order valence-electron chi connectivity index (χ1n) is 13.4. The Labute approximate surface area is 212 Å². The molecular weight excluding hydrogens is 443 g/mol. The molecule has 0 unspecified atom stereocenters. The van der Waals surface area contributed by atoms with Gasteiger partial charge in [-0.25, -0.2) is 0 Å². The van der Waals surface area contributed by atoms with Gasteiger partial charge in [0.1, 0.15) is 0 Å². The lowest BCUT2D eigenvalue weighted by molar-refractivity contribution is -0.00752. The van der Waals surface area contributed by atoms with E-state index in [2.05, 4.69) is 104 Å². The summed E-state index contributed by atoms with van der Waals surface area (Å²) in [6.07, 6.45) is 17.8. The minimum absolute atomic E-state index is 0.222. The normalized spacial score (nSPS) is 31.4. The molecule has 1 heterocycles. The molecule has 5 aliphatic rings. The largest absolute Gasteiger partial charge is 0.269 e. The molecule has 8 rings (SSSR count). The monoisotopic (exact) mass is 477 g/mol. The highest BCUT2D eigenvalue weighted by molar-refractivity contribution is 7.76. The Morgan fingerprint density at radius 3 is 1.94 bits per heavy atom. The second-order valence-corrected chi connectivity index (χ2v) is 13.6. The molecule has 177 valence electrons. The summed E-state index contributed by atoms with van der Waals surface area (Å²) in [6, 6.07) is 24.7. The number of rotatable bonds is 6. The maximum Gasteiger partial charge on any atom is 0.0686 e. The number of aromatic nitrogens is 2. The first-order chi connectivity index (χ1) is 17.2. The van der Waals surface area contributed by atoms with Gasteiger partial charge in [0.2, 0.25) is 0 Å². The molecule has 0 saturated heterocycles. The van der Waals surface area contributed by atoms with E-state index in [1.165, 1.54) is 66.4 Å². The molecule has 5 saturated carbocycles. The van der Waals surface area contributed by atoms with Crippen molar-refractivity contribution in [3.8, 4) is 0 Å². The van der Waals surface area contributed by atoms with Crippen molar-refractivity contribution in [2.75, 3.05) is 0 Å². The van der Waals surface area contributed by atoms with E-state index < -0.39 is 7.92 Å². The van der Waals surface area contributed by atoms with Gasteiger partial charge in [-0.05, 0) is 107 Å². The Morgan fingerprint density at radius 1 is 0.800 bits per heavy atom. The van der Waals surface area contributed by atoms with Crippen LogP contribution in [0.3, 0.4) is 0 Å². The van der Waals surface area contributed by atoms with E-state index in [4.69, 9.17) is 5.10 Å². The van der Waals surface area contributed by atoms with Crippen molar-refractivity contribution in [2.24, 2.45) is 17.8 Å². The molecule has 5 aliphatic carbocycles. The van der Waals surface area contributed by atoms with Gasteiger partial charge in [-0.2, -0.15) is 5.10 Å². The molecule has 2 aromatic carbocycles. The molecule has 1 aromatic heterocycles. The Balaban J connectivity index is 1.18. The maximum atomic E-state index is 5.33. The Hall–Kier alpha value is -1.92. The number of hydrogen-bond acceptors (Lipinski definition) is 1. The predicted molar refractivity (Wildman–Crippen MR) is 145 cm³/mol. The highest BCUT2D eigenvalue weighted by Crippen LogP contribution is 2.61. The average Bonchev–Trinajstić information content (AvgIpc) is 3.56. The molecule has 5 radical (unpaired) electrons. The number of nitrogens with zero attached hydrogens (tertiary/aromatic N) is 2. The summed E-state index contributed by atoms with van der Waals surface area (Å²) in [5.41, 5.74) is 3.19. The second-order valence-electron chi connectivity index (χ2n) is 11.4. The lowest BCUT2D eigenvalue weighted by Gasteiger charge is -2.56. The van der Waals surface area contributed by atoms with Crippen molar-refractivity contribution < 1.29 is 0 Å². The van der Waals surface area contributed by atoms with Gasteiger partial charge in [0.25, 0.3) is 0 Å². The average molecular weight is 478 g/mol. The van der Waals surface area contributed by atoms with Crippen molar-refractivity contribution in [1.82, 2.24) is 9.78 Å². The minimum Gasteiger partial charge on any atom is -0.269 e. The van der Waals surface area contributed by atoms with Crippen LogP contribution in [0.1, 0.15) is 57.2 Å². The molecule has 0 spiro atoms. The highest BCUT2D eigenvalue weighted by Gasteiger charge is 2.52. The van der Waals surface area contributed by atoms with E-state index in [-0.39, 0.29) is 6.04 Å². The van der Waals surface area contributed by atoms with Crippen molar-refractivity contribution in [3.63, 3.8) is 0 Å². The molecule has 1 atom stereocenters. The van der Waals surface area contributed by atoms with Gasteiger partial charge in [-0.3, -0.25) is 4.68 Å². The molecule has 0 aliphatic heterocycles. The van der Waals surface area contributed by atoms with Crippen molar-refractivity contribution >= 4 is 18.5 Å². The summed E-state index contributed by atoms with van der Waals surface area (Å²) in [5.74, 6) is 4.26. The standard InChI is InChI=1S/C32H34N2P/c1-23(34-16-15-31(33-34)32-20-24-17-25(21-32)19-26(18-24)22-32)29-13-8-14-30(29)35(27-9-4-2-5-10-27)28-11-6-3-7-12-28/h2-16,23-26H,17-22H2,1H3/t23-,24?,25?,26?,32?/m1/s1. The zero-order valence-corrected chi connectivity index (χ0v) is 21.4. The van der Waals surface area contributed by atoms with E-state index in [1.54, 1.807) is 0 Å². The lowest BCUT2D eigenvalue weighted by Crippen LogP contribution is -2.48. The van der Waals surface area contributed by atoms with Crippen LogP contribution in [0.5, 0.6) is 0 Å². The minimum atomic E-state index is -0.609. The van der Waals surface area contributed by atoms with E-state index in [0.29, 0.717) is 5.41 Å². The number of benzene rings is 2. The molecule has 0 amide bonds. The van der Waals surface area contributed by atoms with E-state index in [0.717, 1.165) is 17.8 Å². The highest BCUT2D eigenvalue weighted by atomic mass is 31.1. The van der Waals surface area contributed by atoms with Crippen LogP contribution in [-0.2, 0) is 5.41 Å². The fraction of sp³-hybridized carbons (Fsp3) is 0.375. The first kappa shape index (κ1) is 22.3. The van der Waals surface area contributed by atoms with Crippen molar-refractivity contribution in [3.05, 3.63) is 109 Å². The van der Waals surface area contributed by atoms with Gasteiger partial charge in [0, 0.05) is 23.2 Å². The zero-order chi connectivity index (χ0) is 23.4. The summed E-state index contributed by atoms with van der Waals surface area (Å²) < 4.78 is 2.26. The molecule has 3 aromatic rings. The van der Waals surface area contributed by atoms with Crippen molar-refractivity contribution in [2.45, 2.75) is 56.9 Å². The summed E-state index contributed by atoms with van der Waals surface area (Å²) >= 11 is 0. The first-order valence-corrected chi connectivity index (χ1v) is 14.7. The fourth-order valence-electron chi connectivity index (χ4n) is 7.97. The molecule has 2 nitrogen and oxygen atoms in total. The van der Waals surface area contributed by atoms with E-state index >= 15 is 0 Å². The SMILES string of the molecule is C[C@H]([C]1[CH][CH][CH][C]1P(c1ccccc1)c1ccccc1)n1ccc(C23CC4CC(CC(C4)C2)C3)n1. The summed E-state index contributed by atoms with van der Waals surface area (Å²) in [4.78, 5) is 0. The predicted octanol–water partition coefficient (Wildman–Crippen LogP) is 6.78. The molecule has 0 N–H and O–H groups in total. The Bertz CT molecular complexity index is 1080. The van der Waals surface area contributed by atoms with Crippen LogP contribution >= 0.6 is 7.92 Å². The van der Waals surface area contributed by atoms with Crippen LogP contribution in [0.15, 0.2) is 72.9 Å². The molecule has 4 bridgehead atoms. The van der Waals surface area contributed by atoms with Gasteiger partial charge >= 0.3 is 0 Å². The molecule has 5 fully saturated rings. The van der Waals surface area contributed by atoms with Gasteiger partial charge in [-0.1, -0.05) is 60.7 Å². The third-order valence-electron chi connectivity index (χ3n) is 9.13. The molecule has 3 heteroatoms. The second kappa shape index (κ2) is 8.88. The summed E-state index contributed by atoms with van der Waals surface area (Å²) in [7, 11) is -0.609. The Morgan fingerprint density at radius 2 is 1.37 bits per heavy atom. The van der Waals surface area contributed by atoms with Crippen molar-refractivity contribution in [1.29, 1.82) is 0 Å². The molecule has 35 heavy (non-hydrogen) atoms. The van der Waals surface area contributed by atoms with Crippen LogP contribution in [0.25, 0.3) is 0 Å². The quantitative estimate of drug-likeness (QED) is 0.358. The Kier molecular flexibility index (Phi) is 5.65. The van der Waals surface area contributed by atoms with Crippen LogP contribution < -0.4 is 10.6 Å². The van der Waals surface area contributed by atoms with Crippen LogP contribution in [0.4, 0.5) is 0 Å². The lowest BCUT2D eigenvalue weighted by atomic mass is 9.49. The smallest absolute Gasteiger partial charge is 0.0686 e.